The zero-order valence-electron chi connectivity index (χ0n) is 14.6. The zero-order chi connectivity index (χ0) is 16.3. The molecule has 22 heavy (non-hydrogen) atoms. The molecule has 2 heterocycles. The molecule has 0 radical (unpaired) electrons. The third-order valence-electron chi connectivity index (χ3n) is 4.38. The van der Waals surface area contributed by atoms with Crippen LogP contribution < -0.4 is 5.32 Å². The summed E-state index contributed by atoms with van der Waals surface area (Å²) < 4.78 is 1.91. The van der Waals surface area contributed by atoms with E-state index in [1.807, 2.05) is 17.7 Å². The van der Waals surface area contributed by atoms with Gasteiger partial charge in [-0.1, -0.05) is 6.42 Å². The van der Waals surface area contributed by atoms with Crippen molar-refractivity contribution < 1.29 is 4.79 Å². The van der Waals surface area contributed by atoms with E-state index in [1.165, 1.54) is 19.3 Å². The van der Waals surface area contributed by atoms with Crippen LogP contribution in [0.25, 0.3) is 0 Å². The Morgan fingerprint density at radius 2 is 2.14 bits per heavy atom. The number of piperidine rings is 1. The smallest absolute Gasteiger partial charge is 0.271 e. The molecule has 1 aromatic heterocycles. The lowest BCUT2D eigenvalue weighted by Crippen LogP contribution is -2.42. The Bertz CT molecular complexity index is 515. The highest BCUT2D eigenvalue weighted by Crippen LogP contribution is 2.17. The lowest BCUT2D eigenvalue weighted by Gasteiger charge is -2.33. The van der Waals surface area contributed by atoms with E-state index in [9.17, 15) is 4.79 Å². The fourth-order valence-corrected chi connectivity index (χ4v) is 3.16. The highest BCUT2D eigenvalue weighted by atomic mass is 16.1. The van der Waals surface area contributed by atoms with Crippen molar-refractivity contribution in [3.8, 4) is 0 Å². The van der Waals surface area contributed by atoms with Crippen LogP contribution in [0.3, 0.4) is 0 Å². The summed E-state index contributed by atoms with van der Waals surface area (Å²) in [6.07, 6.45) is 3.87. The number of nitrogens with one attached hydrogen (secondary N) is 1. The van der Waals surface area contributed by atoms with Crippen LogP contribution in [-0.4, -0.2) is 46.3 Å². The molecule has 1 amide bonds. The predicted octanol–water partition coefficient (Wildman–Crippen LogP) is 2.55. The first kappa shape index (κ1) is 17.0. The Kier molecular flexibility index (Phi) is 5.27. The first-order valence-corrected chi connectivity index (χ1v) is 8.38. The van der Waals surface area contributed by atoms with Crippen LogP contribution in [0.15, 0.2) is 6.07 Å². The number of hydrogen-bond donors (Lipinski definition) is 1. The monoisotopic (exact) mass is 306 g/mol. The first-order valence-electron chi connectivity index (χ1n) is 8.38. The van der Waals surface area contributed by atoms with Crippen LogP contribution in [0.4, 0.5) is 0 Å². The summed E-state index contributed by atoms with van der Waals surface area (Å²) in [5.41, 5.74) is 1.42. The van der Waals surface area contributed by atoms with Crippen LogP contribution in [0.2, 0.25) is 0 Å². The molecule has 1 aliphatic heterocycles. The summed E-state index contributed by atoms with van der Waals surface area (Å²) >= 11 is 0. The molecule has 124 valence electrons. The Labute approximate surface area is 134 Å². The van der Waals surface area contributed by atoms with Gasteiger partial charge in [-0.2, -0.15) is 5.10 Å². The van der Waals surface area contributed by atoms with Crippen molar-refractivity contribution in [2.24, 2.45) is 0 Å². The number of carbonyl (C=O) groups is 1. The maximum absolute atomic E-state index is 12.3. The molecular formula is C17H30N4O. The zero-order valence-corrected chi connectivity index (χ0v) is 14.6. The standard InChI is InChI=1S/C17H30N4O/c1-13-8-6-7-10-20(13)11-9-18-16(22)15-12-14(2)21(19-15)17(3,4)5/h12-13H,6-11H2,1-5H3,(H,18,22)/t13-/m1/s1. The van der Waals surface area contributed by atoms with Gasteiger partial charge in [-0.25, -0.2) is 0 Å². The van der Waals surface area contributed by atoms with Crippen molar-refractivity contribution >= 4 is 5.91 Å². The number of likely N-dealkylation sites (tertiary alicyclic amines) is 1. The van der Waals surface area contributed by atoms with Gasteiger partial charge in [0.2, 0.25) is 0 Å². The van der Waals surface area contributed by atoms with Crippen molar-refractivity contribution in [1.82, 2.24) is 20.0 Å². The summed E-state index contributed by atoms with van der Waals surface area (Å²) in [5.74, 6) is -0.0734. The molecule has 0 spiro atoms. The van der Waals surface area contributed by atoms with Gasteiger partial charge in [0.15, 0.2) is 0 Å². The maximum Gasteiger partial charge on any atom is 0.271 e. The van der Waals surface area contributed by atoms with Crippen LogP contribution in [0.1, 0.15) is 63.1 Å². The molecule has 0 unspecified atom stereocenters. The molecule has 1 aromatic rings. The van der Waals surface area contributed by atoms with E-state index < -0.39 is 0 Å². The van der Waals surface area contributed by atoms with Gasteiger partial charge in [-0.15, -0.1) is 0 Å². The highest BCUT2D eigenvalue weighted by Gasteiger charge is 2.21. The molecule has 0 saturated carbocycles. The molecule has 1 N–H and O–H groups in total. The van der Waals surface area contributed by atoms with Crippen molar-refractivity contribution in [1.29, 1.82) is 0 Å². The molecule has 0 bridgehead atoms. The van der Waals surface area contributed by atoms with Gasteiger partial charge in [0.05, 0.1) is 5.54 Å². The minimum atomic E-state index is -0.105. The van der Waals surface area contributed by atoms with Crippen LogP contribution in [0, 0.1) is 6.92 Å². The van der Waals surface area contributed by atoms with E-state index in [4.69, 9.17) is 0 Å². The van der Waals surface area contributed by atoms with Crippen molar-refractivity contribution in [2.75, 3.05) is 19.6 Å². The van der Waals surface area contributed by atoms with E-state index in [0.29, 0.717) is 18.3 Å². The van der Waals surface area contributed by atoms with Crippen molar-refractivity contribution in [3.63, 3.8) is 0 Å². The van der Waals surface area contributed by atoms with Gasteiger partial charge >= 0.3 is 0 Å². The average Bonchev–Trinajstić information content (AvgIpc) is 2.83. The number of rotatable bonds is 4. The number of amides is 1. The van der Waals surface area contributed by atoms with Gasteiger partial charge in [0.1, 0.15) is 5.69 Å². The summed E-state index contributed by atoms with van der Waals surface area (Å²) in [5, 5.41) is 7.45. The molecule has 5 heteroatoms. The van der Waals surface area contributed by atoms with Gasteiger partial charge < -0.3 is 5.32 Å². The summed E-state index contributed by atoms with van der Waals surface area (Å²) in [4.78, 5) is 14.7. The minimum Gasteiger partial charge on any atom is -0.349 e. The largest absolute Gasteiger partial charge is 0.349 e. The lowest BCUT2D eigenvalue weighted by atomic mass is 10.0. The van der Waals surface area contributed by atoms with E-state index in [2.05, 4.69) is 43.0 Å². The number of aryl methyl sites for hydroxylation is 1. The second-order valence-electron chi connectivity index (χ2n) is 7.39. The topological polar surface area (TPSA) is 50.2 Å². The number of nitrogens with zero attached hydrogens (tertiary/aromatic N) is 3. The van der Waals surface area contributed by atoms with Gasteiger partial charge in [-0.3, -0.25) is 14.4 Å². The van der Waals surface area contributed by atoms with E-state index >= 15 is 0 Å². The van der Waals surface area contributed by atoms with Crippen molar-refractivity contribution in [3.05, 3.63) is 17.5 Å². The first-order chi connectivity index (χ1) is 10.3. The Hall–Kier alpha value is -1.36. The quantitative estimate of drug-likeness (QED) is 0.930. The third kappa shape index (κ3) is 4.09. The van der Waals surface area contributed by atoms with Gasteiger partial charge in [-0.05, 0) is 60.1 Å². The van der Waals surface area contributed by atoms with Crippen LogP contribution in [-0.2, 0) is 5.54 Å². The average molecular weight is 306 g/mol. The number of hydrogen-bond acceptors (Lipinski definition) is 3. The Morgan fingerprint density at radius 1 is 1.41 bits per heavy atom. The normalized spacial score (nSPS) is 20.1. The SMILES string of the molecule is Cc1cc(C(=O)NCCN2CCCC[C@H]2C)nn1C(C)(C)C. The predicted molar refractivity (Wildman–Crippen MR) is 89.2 cm³/mol. The molecule has 1 fully saturated rings. The highest BCUT2D eigenvalue weighted by molar-refractivity contribution is 5.92. The van der Waals surface area contributed by atoms with Crippen molar-refractivity contribution in [2.45, 2.75) is 65.5 Å². The van der Waals surface area contributed by atoms with Crippen LogP contribution in [0.5, 0.6) is 0 Å². The third-order valence-corrected chi connectivity index (χ3v) is 4.38. The molecule has 1 saturated heterocycles. The minimum absolute atomic E-state index is 0.0734. The Morgan fingerprint density at radius 3 is 2.73 bits per heavy atom. The molecule has 5 nitrogen and oxygen atoms in total. The molecule has 0 aromatic carbocycles. The molecule has 0 aliphatic carbocycles. The van der Waals surface area contributed by atoms with E-state index in [-0.39, 0.29) is 11.4 Å². The van der Waals surface area contributed by atoms with Gasteiger partial charge in [0, 0.05) is 24.8 Å². The summed E-state index contributed by atoms with van der Waals surface area (Å²) in [6.45, 7) is 13.3. The van der Waals surface area contributed by atoms with Gasteiger partial charge in [0.25, 0.3) is 5.91 Å². The second kappa shape index (κ2) is 6.82. The fraction of sp³-hybridized carbons (Fsp3) is 0.765. The maximum atomic E-state index is 12.3. The molecule has 1 aliphatic rings. The summed E-state index contributed by atoms with van der Waals surface area (Å²) in [7, 11) is 0. The number of aromatic nitrogens is 2. The second-order valence-corrected chi connectivity index (χ2v) is 7.39. The molecule has 2 rings (SSSR count). The Balaban J connectivity index is 1.87. The lowest BCUT2D eigenvalue weighted by molar-refractivity contribution is 0.0932. The van der Waals surface area contributed by atoms with E-state index in [1.54, 1.807) is 0 Å². The molecular weight excluding hydrogens is 276 g/mol. The number of carbonyl (C=O) groups excluding carboxylic acids is 1. The van der Waals surface area contributed by atoms with Crippen LogP contribution >= 0.6 is 0 Å². The molecule has 1 atom stereocenters. The van der Waals surface area contributed by atoms with E-state index in [0.717, 1.165) is 18.8 Å². The fourth-order valence-electron chi connectivity index (χ4n) is 3.16. The summed E-state index contributed by atoms with van der Waals surface area (Å²) in [6, 6.07) is 2.50.